The van der Waals surface area contributed by atoms with Gasteiger partial charge >= 0.3 is 5.97 Å². The molecule has 1 aromatic carbocycles. The topological polar surface area (TPSA) is 84.0 Å². The summed E-state index contributed by atoms with van der Waals surface area (Å²) in [4.78, 5) is 25.5. The first kappa shape index (κ1) is 19.8. The molecule has 0 unspecified atom stereocenters. The largest absolute Gasteiger partial charge is 0.466 e. The second-order valence-corrected chi connectivity index (χ2v) is 8.81. The van der Waals surface area contributed by atoms with Crippen molar-refractivity contribution in [3.8, 4) is 0 Å². The molecule has 1 saturated heterocycles. The van der Waals surface area contributed by atoms with Crippen LogP contribution in [0.4, 0.5) is 0 Å². The summed E-state index contributed by atoms with van der Waals surface area (Å²) >= 11 is 0. The van der Waals surface area contributed by atoms with Crippen LogP contribution >= 0.6 is 0 Å². The molecule has 148 valence electrons. The normalized spacial score (nSPS) is 17.6. The lowest BCUT2D eigenvalue weighted by atomic mass is 10.1. The zero-order chi connectivity index (χ0) is 19.4. The van der Waals surface area contributed by atoms with Crippen LogP contribution in [0.5, 0.6) is 0 Å². The van der Waals surface area contributed by atoms with Crippen LogP contribution in [0.3, 0.4) is 0 Å². The van der Waals surface area contributed by atoms with E-state index < -0.39 is 10.0 Å². The van der Waals surface area contributed by atoms with E-state index in [0.717, 1.165) is 24.8 Å². The SMILES string of the molecule is CCOC(=O)CCC(=O)N1CCN(S(=O)(=O)c2ccc3c(c2)CCC3)CC1. The van der Waals surface area contributed by atoms with Crippen molar-refractivity contribution in [3.05, 3.63) is 29.3 Å². The molecule has 0 atom stereocenters. The van der Waals surface area contributed by atoms with Crippen LogP contribution in [-0.4, -0.2) is 62.3 Å². The fraction of sp³-hybridized carbons (Fsp3) is 0.579. The molecule has 1 aromatic rings. The Morgan fingerprint density at radius 2 is 1.74 bits per heavy atom. The highest BCUT2D eigenvalue weighted by molar-refractivity contribution is 7.89. The molecule has 1 fully saturated rings. The first-order valence-electron chi connectivity index (χ1n) is 9.47. The fourth-order valence-corrected chi connectivity index (χ4v) is 5.11. The number of rotatable bonds is 6. The molecule has 27 heavy (non-hydrogen) atoms. The number of ether oxygens (including phenoxy) is 1. The molecule has 8 heteroatoms. The minimum Gasteiger partial charge on any atom is -0.466 e. The van der Waals surface area contributed by atoms with Gasteiger partial charge in [-0.2, -0.15) is 4.31 Å². The smallest absolute Gasteiger partial charge is 0.306 e. The van der Waals surface area contributed by atoms with E-state index in [1.165, 1.54) is 9.87 Å². The van der Waals surface area contributed by atoms with Crippen molar-refractivity contribution in [2.75, 3.05) is 32.8 Å². The van der Waals surface area contributed by atoms with Gasteiger partial charge in [-0.1, -0.05) is 6.07 Å². The van der Waals surface area contributed by atoms with Gasteiger partial charge in [-0.05, 0) is 49.4 Å². The Kier molecular flexibility index (Phi) is 6.16. The van der Waals surface area contributed by atoms with Crippen LogP contribution in [0.15, 0.2) is 23.1 Å². The highest BCUT2D eigenvalue weighted by Crippen LogP contribution is 2.26. The zero-order valence-electron chi connectivity index (χ0n) is 15.6. The number of fused-ring (bicyclic) bond motifs is 1. The molecule has 0 radical (unpaired) electrons. The maximum Gasteiger partial charge on any atom is 0.306 e. The summed E-state index contributed by atoms with van der Waals surface area (Å²) in [6, 6.07) is 5.41. The Labute approximate surface area is 160 Å². The zero-order valence-corrected chi connectivity index (χ0v) is 16.5. The van der Waals surface area contributed by atoms with Crippen molar-refractivity contribution in [1.29, 1.82) is 0 Å². The Morgan fingerprint density at radius 3 is 2.44 bits per heavy atom. The van der Waals surface area contributed by atoms with Gasteiger partial charge in [0.1, 0.15) is 0 Å². The number of benzene rings is 1. The molecule has 0 aromatic heterocycles. The molecule has 1 aliphatic carbocycles. The van der Waals surface area contributed by atoms with Crippen molar-refractivity contribution >= 4 is 21.9 Å². The van der Waals surface area contributed by atoms with Gasteiger partial charge in [-0.25, -0.2) is 8.42 Å². The molecule has 7 nitrogen and oxygen atoms in total. The van der Waals surface area contributed by atoms with E-state index >= 15 is 0 Å². The Morgan fingerprint density at radius 1 is 1.04 bits per heavy atom. The fourth-order valence-electron chi connectivity index (χ4n) is 3.64. The van der Waals surface area contributed by atoms with E-state index in [1.54, 1.807) is 24.0 Å². The lowest BCUT2D eigenvalue weighted by molar-refractivity contribution is -0.145. The maximum absolute atomic E-state index is 12.9. The van der Waals surface area contributed by atoms with Crippen molar-refractivity contribution < 1.29 is 22.7 Å². The van der Waals surface area contributed by atoms with Crippen LogP contribution in [0.1, 0.15) is 37.3 Å². The van der Waals surface area contributed by atoms with E-state index in [0.29, 0.717) is 24.6 Å². The first-order chi connectivity index (χ1) is 12.9. The van der Waals surface area contributed by atoms with Crippen molar-refractivity contribution in [3.63, 3.8) is 0 Å². The van der Waals surface area contributed by atoms with Gasteiger partial charge in [-0.15, -0.1) is 0 Å². The first-order valence-corrected chi connectivity index (χ1v) is 10.9. The Hall–Kier alpha value is -1.93. The van der Waals surface area contributed by atoms with E-state index in [1.807, 2.05) is 6.07 Å². The monoisotopic (exact) mass is 394 g/mol. The highest BCUT2D eigenvalue weighted by Gasteiger charge is 2.30. The number of hydrogen-bond acceptors (Lipinski definition) is 5. The van der Waals surface area contributed by atoms with Crippen LogP contribution in [0.2, 0.25) is 0 Å². The van der Waals surface area contributed by atoms with Gasteiger partial charge in [0.25, 0.3) is 0 Å². The average molecular weight is 394 g/mol. The predicted molar refractivity (Wildman–Crippen MR) is 99.7 cm³/mol. The molecule has 1 aliphatic heterocycles. The summed E-state index contributed by atoms with van der Waals surface area (Å²) in [7, 11) is -3.54. The van der Waals surface area contributed by atoms with Crippen molar-refractivity contribution in [2.45, 2.75) is 43.9 Å². The van der Waals surface area contributed by atoms with Crippen molar-refractivity contribution in [2.24, 2.45) is 0 Å². The molecular weight excluding hydrogens is 368 g/mol. The number of hydrogen-bond donors (Lipinski definition) is 0. The van der Waals surface area contributed by atoms with Gasteiger partial charge in [0.15, 0.2) is 0 Å². The number of sulfonamides is 1. The highest BCUT2D eigenvalue weighted by atomic mass is 32.2. The third-order valence-electron chi connectivity index (χ3n) is 5.15. The Bertz CT molecular complexity index is 813. The molecule has 2 aliphatic rings. The van der Waals surface area contributed by atoms with Crippen LogP contribution in [0, 0.1) is 0 Å². The van der Waals surface area contributed by atoms with Gasteiger partial charge < -0.3 is 9.64 Å². The molecule has 3 rings (SSSR count). The standard InChI is InChI=1S/C19H26N2O5S/c1-2-26-19(23)9-8-18(22)20-10-12-21(13-11-20)27(24,25)17-7-6-15-4-3-5-16(15)14-17/h6-7,14H,2-5,8-13H2,1H3. The molecule has 0 bridgehead atoms. The van der Waals surface area contributed by atoms with E-state index in [2.05, 4.69) is 0 Å². The van der Waals surface area contributed by atoms with Gasteiger partial charge in [0.05, 0.1) is 17.9 Å². The van der Waals surface area contributed by atoms with Crippen LogP contribution < -0.4 is 0 Å². The van der Waals surface area contributed by atoms with Crippen LogP contribution in [-0.2, 0) is 37.2 Å². The van der Waals surface area contributed by atoms with E-state index in [9.17, 15) is 18.0 Å². The summed E-state index contributed by atoms with van der Waals surface area (Å²) in [6.07, 6.45) is 3.17. The molecule has 0 saturated carbocycles. The number of carbonyl (C=O) groups is 2. The maximum atomic E-state index is 12.9. The van der Waals surface area contributed by atoms with E-state index in [4.69, 9.17) is 4.74 Å². The Balaban J connectivity index is 1.56. The number of amides is 1. The lowest BCUT2D eigenvalue weighted by Gasteiger charge is -2.34. The minimum atomic E-state index is -3.54. The van der Waals surface area contributed by atoms with Crippen LogP contribution in [0.25, 0.3) is 0 Å². The molecular formula is C19H26N2O5S. The third-order valence-corrected chi connectivity index (χ3v) is 7.04. The quantitative estimate of drug-likeness (QED) is 0.680. The molecule has 0 spiro atoms. The average Bonchev–Trinajstić information content (AvgIpc) is 3.14. The second kappa shape index (κ2) is 8.39. The minimum absolute atomic E-state index is 0.0559. The van der Waals surface area contributed by atoms with Gasteiger partial charge in [0.2, 0.25) is 15.9 Å². The summed E-state index contributed by atoms with van der Waals surface area (Å²) in [6.45, 7) is 3.24. The predicted octanol–water partition coefficient (Wildman–Crippen LogP) is 1.35. The molecule has 1 heterocycles. The number of nitrogens with zero attached hydrogens (tertiary/aromatic N) is 2. The molecule has 0 N–H and O–H groups in total. The number of carbonyl (C=O) groups excluding carboxylic acids is 2. The van der Waals surface area contributed by atoms with E-state index in [-0.39, 0.29) is 37.8 Å². The summed E-state index contributed by atoms with van der Waals surface area (Å²) in [5.41, 5.74) is 2.37. The summed E-state index contributed by atoms with van der Waals surface area (Å²) < 4.78 is 32.1. The third kappa shape index (κ3) is 4.50. The second-order valence-electron chi connectivity index (χ2n) is 6.87. The summed E-state index contributed by atoms with van der Waals surface area (Å²) in [5.74, 6) is -0.527. The molecule has 1 amide bonds. The number of aryl methyl sites for hydroxylation is 2. The van der Waals surface area contributed by atoms with Gasteiger partial charge in [-0.3, -0.25) is 9.59 Å². The van der Waals surface area contributed by atoms with Crippen molar-refractivity contribution in [1.82, 2.24) is 9.21 Å². The lowest BCUT2D eigenvalue weighted by Crippen LogP contribution is -2.50. The number of piperazine rings is 1. The number of esters is 1. The summed E-state index contributed by atoms with van der Waals surface area (Å²) in [5, 5.41) is 0. The van der Waals surface area contributed by atoms with Gasteiger partial charge in [0, 0.05) is 32.6 Å².